The third-order valence-corrected chi connectivity index (χ3v) is 4.11. The van der Waals surface area contributed by atoms with Gasteiger partial charge in [0.15, 0.2) is 0 Å². The van der Waals surface area contributed by atoms with Crippen molar-refractivity contribution < 1.29 is 17.6 Å². The molecule has 1 aliphatic rings. The summed E-state index contributed by atoms with van der Waals surface area (Å²) in [5.41, 5.74) is -0.118. The van der Waals surface area contributed by atoms with E-state index in [0.717, 1.165) is 24.6 Å². The van der Waals surface area contributed by atoms with Crippen molar-refractivity contribution in [2.24, 2.45) is 11.1 Å². The summed E-state index contributed by atoms with van der Waals surface area (Å²) in [5.74, 6) is -1.21. The summed E-state index contributed by atoms with van der Waals surface area (Å²) < 4.78 is 36.1. The number of allylic oxidation sites excluding steroid dienone is 2. The molecule has 7 heteroatoms. The lowest BCUT2D eigenvalue weighted by Crippen LogP contribution is -2.25. The molecular weight excluding hydrogens is 283 g/mol. The number of carbonyl (C=O) groups excluding carboxylic acids is 1. The molecule has 108 valence electrons. The molecule has 0 heterocycles. The molecule has 3 N–H and O–H groups in total. The van der Waals surface area contributed by atoms with Crippen LogP contribution in [0.2, 0.25) is 0 Å². The first-order chi connectivity index (χ1) is 9.38. The summed E-state index contributed by atoms with van der Waals surface area (Å²) in [6.07, 6.45) is 5.96. The van der Waals surface area contributed by atoms with Crippen LogP contribution in [0.25, 0.3) is 0 Å². The summed E-state index contributed by atoms with van der Waals surface area (Å²) in [4.78, 5) is 11.8. The van der Waals surface area contributed by atoms with E-state index in [-0.39, 0.29) is 22.4 Å². The highest BCUT2D eigenvalue weighted by Gasteiger charge is 2.22. The topological polar surface area (TPSA) is 89.3 Å². The predicted octanol–water partition coefficient (Wildman–Crippen LogP) is 1.77. The molecule has 0 spiro atoms. The quantitative estimate of drug-likeness (QED) is 0.833. The van der Waals surface area contributed by atoms with Gasteiger partial charge in [0.05, 0.1) is 5.69 Å². The zero-order chi connectivity index (χ0) is 14.8. The van der Waals surface area contributed by atoms with E-state index in [0.29, 0.717) is 12.8 Å². The van der Waals surface area contributed by atoms with Gasteiger partial charge in [0.25, 0.3) is 0 Å². The van der Waals surface area contributed by atoms with Crippen molar-refractivity contribution in [3.8, 4) is 0 Å². The van der Waals surface area contributed by atoms with Gasteiger partial charge >= 0.3 is 0 Å². The van der Waals surface area contributed by atoms with Gasteiger partial charge in [-0.3, -0.25) is 4.79 Å². The largest absolute Gasteiger partial charge is 0.325 e. The Kier molecular flexibility index (Phi) is 4.20. The molecule has 1 amide bonds. The van der Waals surface area contributed by atoms with Crippen LogP contribution in [0.1, 0.15) is 19.3 Å². The Morgan fingerprint density at radius 1 is 1.35 bits per heavy atom. The van der Waals surface area contributed by atoms with E-state index in [9.17, 15) is 17.6 Å². The van der Waals surface area contributed by atoms with Crippen LogP contribution >= 0.6 is 0 Å². The summed E-state index contributed by atoms with van der Waals surface area (Å²) in [7, 11) is -4.02. The Bertz CT molecular complexity index is 656. The molecule has 0 fully saturated rings. The van der Waals surface area contributed by atoms with Crippen molar-refractivity contribution in [1.82, 2.24) is 0 Å². The number of sulfonamides is 1. The standard InChI is InChI=1S/C13H15FN2O3S/c14-10-6-7-12(20(15,18)19)11(8-10)16-13(17)9-4-2-1-3-5-9/h1-2,6-9H,3-5H2,(H,16,17)(H2,15,18,19). The third-order valence-electron chi connectivity index (χ3n) is 3.15. The Morgan fingerprint density at radius 3 is 2.70 bits per heavy atom. The van der Waals surface area contributed by atoms with E-state index in [1.807, 2.05) is 12.2 Å². The van der Waals surface area contributed by atoms with E-state index < -0.39 is 15.8 Å². The van der Waals surface area contributed by atoms with Crippen LogP contribution in [0.3, 0.4) is 0 Å². The van der Waals surface area contributed by atoms with Crippen LogP contribution in [-0.2, 0) is 14.8 Å². The fraction of sp³-hybridized carbons (Fsp3) is 0.308. The van der Waals surface area contributed by atoms with Crippen molar-refractivity contribution in [3.05, 3.63) is 36.2 Å². The van der Waals surface area contributed by atoms with Crippen LogP contribution in [0.5, 0.6) is 0 Å². The number of anilines is 1. The van der Waals surface area contributed by atoms with Crippen molar-refractivity contribution >= 4 is 21.6 Å². The van der Waals surface area contributed by atoms with E-state index >= 15 is 0 Å². The number of amides is 1. The molecule has 1 atom stereocenters. The molecule has 0 aromatic heterocycles. The normalized spacial score (nSPS) is 18.8. The van der Waals surface area contributed by atoms with E-state index in [1.54, 1.807) is 0 Å². The molecule has 0 saturated heterocycles. The zero-order valence-electron chi connectivity index (χ0n) is 10.7. The monoisotopic (exact) mass is 298 g/mol. The number of hydrogen-bond donors (Lipinski definition) is 2. The van der Waals surface area contributed by atoms with E-state index in [1.165, 1.54) is 0 Å². The average molecular weight is 298 g/mol. The molecule has 0 radical (unpaired) electrons. The lowest BCUT2D eigenvalue weighted by Gasteiger charge is -2.18. The van der Waals surface area contributed by atoms with Gasteiger partial charge in [0.1, 0.15) is 10.7 Å². The Hall–Kier alpha value is -1.73. The molecule has 1 aromatic carbocycles. The molecule has 0 bridgehead atoms. The molecule has 1 unspecified atom stereocenters. The van der Waals surface area contributed by atoms with Gasteiger partial charge < -0.3 is 5.32 Å². The molecule has 0 saturated carbocycles. The number of rotatable bonds is 3. The molecule has 1 aliphatic carbocycles. The van der Waals surface area contributed by atoms with Crippen LogP contribution in [0.15, 0.2) is 35.2 Å². The first kappa shape index (κ1) is 14.7. The molecule has 2 rings (SSSR count). The Labute approximate surface area is 116 Å². The van der Waals surface area contributed by atoms with Crippen molar-refractivity contribution in [1.29, 1.82) is 0 Å². The minimum atomic E-state index is -4.02. The minimum Gasteiger partial charge on any atom is -0.325 e. The fourth-order valence-electron chi connectivity index (χ4n) is 2.11. The molecule has 0 aliphatic heterocycles. The number of carbonyl (C=O) groups is 1. The first-order valence-electron chi connectivity index (χ1n) is 6.16. The fourth-order valence-corrected chi connectivity index (χ4v) is 2.79. The predicted molar refractivity (Wildman–Crippen MR) is 72.9 cm³/mol. The summed E-state index contributed by atoms with van der Waals surface area (Å²) in [6.45, 7) is 0. The van der Waals surface area contributed by atoms with Crippen molar-refractivity contribution in [3.63, 3.8) is 0 Å². The summed E-state index contributed by atoms with van der Waals surface area (Å²) >= 11 is 0. The van der Waals surface area contributed by atoms with Crippen molar-refractivity contribution in [2.75, 3.05) is 5.32 Å². The molecule has 20 heavy (non-hydrogen) atoms. The Balaban J connectivity index is 2.26. The van der Waals surface area contributed by atoms with Crippen LogP contribution in [0, 0.1) is 11.7 Å². The van der Waals surface area contributed by atoms with E-state index in [4.69, 9.17) is 5.14 Å². The van der Waals surface area contributed by atoms with Gasteiger partial charge in [0.2, 0.25) is 15.9 Å². The maximum atomic E-state index is 13.2. The maximum absolute atomic E-state index is 13.2. The van der Waals surface area contributed by atoms with Gasteiger partial charge in [-0.25, -0.2) is 17.9 Å². The highest BCUT2D eigenvalue weighted by molar-refractivity contribution is 7.89. The number of nitrogens with one attached hydrogen (secondary N) is 1. The maximum Gasteiger partial charge on any atom is 0.240 e. The first-order valence-corrected chi connectivity index (χ1v) is 7.71. The SMILES string of the molecule is NS(=O)(=O)c1ccc(F)cc1NC(=O)C1CC=CCC1. The van der Waals surface area contributed by atoms with Gasteiger partial charge in [-0.1, -0.05) is 12.2 Å². The van der Waals surface area contributed by atoms with Gasteiger partial charge in [0, 0.05) is 5.92 Å². The number of primary sulfonamides is 1. The van der Waals surface area contributed by atoms with Gasteiger partial charge in [-0.15, -0.1) is 0 Å². The molecule has 5 nitrogen and oxygen atoms in total. The third kappa shape index (κ3) is 3.43. The molecular formula is C13H15FN2O3S. The molecule has 1 aromatic rings. The van der Waals surface area contributed by atoms with Crippen LogP contribution < -0.4 is 10.5 Å². The number of hydrogen-bond acceptors (Lipinski definition) is 3. The average Bonchev–Trinajstić information content (AvgIpc) is 2.38. The van der Waals surface area contributed by atoms with Gasteiger partial charge in [-0.05, 0) is 37.5 Å². The Morgan fingerprint density at radius 2 is 2.10 bits per heavy atom. The van der Waals surface area contributed by atoms with Crippen LogP contribution in [-0.4, -0.2) is 14.3 Å². The minimum absolute atomic E-state index is 0.118. The second kappa shape index (κ2) is 5.72. The zero-order valence-corrected chi connectivity index (χ0v) is 11.5. The van der Waals surface area contributed by atoms with Crippen molar-refractivity contribution in [2.45, 2.75) is 24.2 Å². The second-order valence-corrected chi connectivity index (χ2v) is 6.19. The number of benzene rings is 1. The van der Waals surface area contributed by atoms with E-state index in [2.05, 4.69) is 5.32 Å². The highest BCUT2D eigenvalue weighted by atomic mass is 32.2. The summed E-state index contributed by atoms with van der Waals surface area (Å²) in [6, 6.07) is 2.98. The highest BCUT2D eigenvalue weighted by Crippen LogP contribution is 2.24. The smallest absolute Gasteiger partial charge is 0.240 e. The number of halogens is 1. The lowest BCUT2D eigenvalue weighted by molar-refractivity contribution is -0.120. The lowest BCUT2D eigenvalue weighted by atomic mass is 9.93. The second-order valence-electron chi connectivity index (χ2n) is 4.66. The summed E-state index contributed by atoms with van der Waals surface area (Å²) in [5, 5.41) is 7.50. The van der Waals surface area contributed by atoms with Crippen LogP contribution in [0.4, 0.5) is 10.1 Å². The van der Waals surface area contributed by atoms with Gasteiger partial charge in [-0.2, -0.15) is 0 Å². The number of nitrogens with two attached hydrogens (primary N) is 1.